The van der Waals surface area contributed by atoms with Crippen LogP contribution in [0.4, 0.5) is 4.39 Å². The molecule has 2 aliphatic heterocycles. The summed E-state index contributed by atoms with van der Waals surface area (Å²) in [6, 6.07) is 20.5. The number of hydrogen-bond donors (Lipinski definition) is 0. The molecule has 3 aromatic rings. The topological polar surface area (TPSA) is 63.7 Å². The zero-order chi connectivity index (χ0) is 19.5. The maximum Gasteiger partial charge on any atom is 0.200 e. The van der Waals surface area contributed by atoms with Crippen molar-refractivity contribution in [1.29, 1.82) is 0 Å². The standard InChI is InChI=1S/C22H15FO4S/c23-16-12-10-14(11-13-16)20-22(27-20)19(24)17-8-4-5-9-18(17)28(25,26)21(22)15-6-2-1-3-7-15/h1-13,20-21H. The molecule has 1 spiro atoms. The molecule has 28 heavy (non-hydrogen) atoms. The molecule has 5 rings (SSSR count). The summed E-state index contributed by atoms with van der Waals surface area (Å²) in [5, 5.41) is -1.17. The lowest BCUT2D eigenvalue weighted by Gasteiger charge is -2.30. The number of hydrogen-bond acceptors (Lipinski definition) is 4. The first-order chi connectivity index (χ1) is 13.5. The number of sulfone groups is 1. The van der Waals surface area contributed by atoms with Crippen LogP contribution in [0.1, 0.15) is 32.8 Å². The molecule has 2 heterocycles. The van der Waals surface area contributed by atoms with Crippen LogP contribution in [-0.4, -0.2) is 19.8 Å². The second-order valence-electron chi connectivity index (χ2n) is 7.00. The molecule has 6 heteroatoms. The summed E-state index contributed by atoms with van der Waals surface area (Å²) < 4.78 is 46.3. The highest BCUT2D eigenvalue weighted by Crippen LogP contribution is 2.63. The van der Waals surface area contributed by atoms with Crippen molar-refractivity contribution in [2.45, 2.75) is 21.9 Å². The highest BCUT2D eigenvalue weighted by atomic mass is 32.2. The molecule has 3 unspecified atom stereocenters. The number of ketones is 1. The first-order valence-corrected chi connectivity index (χ1v) is 10.4. The molecule has 140 valence electrons. The van der Waals surface area contributed by atoms with Crippen LogP contribution in [0.25, 0.3) is 0 Å². The van der Waals surface area contributed by atoms with E-state index in [0.717, 1.165) is 0 Å². The van der Waals surface area contributed by atoms with Gasteiger partial charge in [0.2, 0.25) is 5.78 Å². The Morgan fingerprint density at radius 2 is 1.46 bits per heavy atom. The minimum absolute atomic E-state index is 0.0211. The third-order valence-electron chi connectivity index (χ3n) is 5.41. The van der Waals surface area contributed by atoms with Crippen LogP contribution in [-0.2, 0) is 14.6 Å². The zero-order valence-electron chi connectivity index (χ0n) is 14.6. The maximum absolute atomic E-state index is 13.5. The fraction of sp³-hybridized carbons (Fsp3) is 0.136. The first kappa shape index (κ1) is 17.3. The SMILES string of the molecule is O=C1c2ccccc2S(=O)(=O)C(c2ccccc2)C12OC2c1ccc(F)cc1. The molecule has 4 nitrogen and oxygen atoms in total. The molecule has 0 saturated carbocycles. The summed E-state index contributed by atoms with van der Waals surface area (Å²) in [4.78, 5) is 13.5. The highest BCUT2D eigenvalue weighted by Gasteiger charge is 2.73. The average molecular weight is 394 g/mol. The van der Waals surface area contributed by atoms with Crippen LogP contribution in [0.3, 0.4) is 0 Å². The summed E-state index contributed by atoms with van der Waals surface area (Å²) in [6.07, 6.45) is -0.756. The molecule has 0 amide bonds. The number of Topliss-reactive ketones (excluding diaryl/α,β-unsaturated/α-hetero) is 1. The van der Waals surface area contributed by atoms with Crippen LogP contribution in [0, 0.1) is 5.82 Å². The Labute approximate surface area is 161 Å². The number of benzene rings is 3. The van der Waals surface area contributed by atoms with Gasteiger partial charge in [0.15, 0.2) is 15.4 Å². The van der Waals surface area contributed by atoms with Crippen LogP contribution in [0.15, 0.2) is 83.8 Å². The van der Waals surface area contributed by atoms with E-state index >= 15 is 0 Å². The Balaban J connectivity index is 1.75. The van der Waals surface area contributed by atoms with Gasteiger partial charge in [-0.1, -0.05) is 54.6 Å². The third kappa shape index (κ3) is 2.25. The molecule has 3 aromatic carbocycles. The second-order valence-corrected chi connectivity index (χ2v) is 9.00. The van der Waals surface area contributed by atoms with Gasteiger partial charge in [0.05, 0.1) is 4.90 Å². The summed E-state index contributed by atoms with van der Waals surface area (Å²) in [5.74, 6) is -0.771. The monoisotopic (exact) mass is 394 g/mol. The van der Waals surface area contributed by atoms with Gasteiger partial charge in [-0.05, 0) is 35.4 Å². The van der Waals surface area contributed by atoms with Gasteiger partial charge in [-0.15, -0.1) is 0 Å². The average Bonchev–Trinajstić information content (AvgIpc) is 3.43. The van der Waals surface area contributed by atoms with E-state index in [-0.39, 0.29) is 16.2 Å². The second kappa shape index (κ2) is 5.83. The van der Waals surface area contributed by atoms with Crippen molar-refractivity contribution in [2.75, 3.05) is 0 Å². The van der Waals surface area contributed by atoms with Crippen molar-refractivity contribution in [3.8, 4) is 0 Å². The van der Waals surface area contributed by atoms with Crippen LogP contribution < -0.4 is 0 Å². The maximum atomic E-state index is 13.5. The normalized spacial score (nSPS) is 27.4. The summed E-state index contributed by atoms with van der Waals surface area (Å²) in [7, 11) is -3.88. The number of rotatable bonds is 2. The molecule has 0 aliphatic carbocycles. The van der Waals surface area contributed by atoms with E-state index in [0.29, 0.717) is 11.1 Å². The van der Waals surface area contributed by atoms with Crippen molar-refractivity contribution in [3.63, 3.8) is 0 Å². The van der Waals surface area contributed by atoms with E-state index < -0.39 is 32.6 Å². The summed E-state index contributed by atoms with van der Waals surface area (Å²) in [6.45, 7) is 0. The van der Waals surface area contributed by atoms with Gasteiger partial charge < -0.3 is 4.74 Å². The lowest BCUT2D eigenvalue weighted by molar-refractivity contribution is 0.0856. The van der Waals surface area contributed by atoms with Gasteiger partial charge in [-0.3, -0.25) is 4.79 Å². The largest absolute Gasteiger partial charge is 0.350 e. The fourth-order valence-corrected chi connectivity index (χ4v) is 6.38. The molecule has 2 aliphatic rings. The predicted octanol–water partition coefficient (Wildman–Crippen LogP) is 4.05. The minimum atomic E-state index is -3.88. The van der Waals surface area contributed by atoms with E-state index in [9.17, 15) is 17.6 Å². The molecular formula is C22H15FO4S. The van der Waals surface area contributed by atoms with Crippen molar-refractivity contribution in [2.24, 2.45) is 0 Å². The van der Waals surface area contributed by atoms with Gasteiger partial charge >= 0.3 is 0 Å². The lowest BCUT2D eigenvalue weighted by atomic mass is 9.85. The molecule has 0 N–H and O–H groups in total. The summed E-state index contributed by atoms with van der Waals surface area (Å²) >= 11 is 0. The molecule has 3 atom stereocenters. The molecule has 1 saturated heterocycles. The van der Waals surface area contributed by atoms with Gasteiger partial charge in [0.25, 0.3) is 0 Å². The minimum Gasteiger partial charge on any atom is -0.350 e. The number of fused-ring (bicyclic) bond motifs is 1. The van der Waals surface area contributed by atoms with Crippen molar-refractivity contribution < 1.29 is 22.3 Å². The third-order valence-corrected chi connectivity index (χ3v) is 7.63. The van der Waals surface area contributed by atoms with Crippen LogP contribution >= 0.6 is 0 Å². The first-order valence-electron chi connectivity index (χ1n) is 8.82. The van der Waals surface area contributed by atoms with Crippen LogP contribution in [0.5, 0.6) is 0 Å². The molecule has 0 radical (unpaired) electrons. The van der Waals surface area contributed by atoms with E-state index in [1.54, 1.807) is 42.5 Å². The zero-order valence-corrected chi connectivity index (χ0v) is 15.4. The van der Waals surface area contributed by atoms with E-state index in [2.05, 4.69) is 0 Å². The highest BCUT2D eigenvalue weighted by molar-refractivity contribution is 7.92. The van der Waals surface area contributed by atoms with Gasteiger partial charge in [0.1, 0.15) is 17.2 Å². The Hall–Kier alpha value is -2.83. The van der Waals surface area contributed by atoms with Gasteiger partial charge in [0, 0.05) is 5.56 Å². The Kier molecular flexibility index (Phi) is 3.60. The van der Waals surface area contributed by atoms with Crippen molar-refractivity contribution in [1.82, 2.24) is 0 Å². The quantitative estimate of drug-likeness (QED) is 0.615. The number of halogens is 1. The number of epoxide rings is 1. The van der Waals surface area contributed by atoms with Crippen molar-refractivity contribution in [3.05, 3.63) is 101 Å². The number of carbonyl (C=O) groups excluding carboxylic acids is 1. The Bertz CT molecular complexity index is 1190. The fourth-order valence-electron chi connectivity index (χ4n) is 4.13. The van der Waals surface area contributed by atoms with Crippen molar-refractivity contribution >= 4 is 15.6 Å². The number of carbonyl (C=O) groups is 1. The molecule has 0 bridgehead atoms. The van der Waals surface area contributed by atoms with E-state index in [4.69, 9.17) is 4.74 Å². The Morgan fingerprint density at radius 3 is 2.18 bits per heavy atom. The van der Waals surface area contributed by atoms with E-state index in [1.807, 2.05) is 0 Å². The van der Waals surface area contributed by atoms with Gasteiger partial charge in [-0.25, -0.2) is 12.8 Å². The van der Waals surface area contributed by atoms with Crippen LogP contribution in [0.2, 0.25) is 0 Å². The smallest absolute Gasteiger partial charge is 0.200 e. The predicted molar refractivity (Wildman–Crippen MR) is 100 cm³/mol. The lowest BCUT2D eigenvalue weighted by Crippen LogP contribution is -2.42. The van der Waals surface area contributed by atoms with E-state index in [1.165, 1.54) is 36.4 Å². The molecule has 1 fully saturated rings. The molecular weight excluding hydrogens is 379 g/mol. The Morgan fingerprint density at radius 1 is 0.821 bits per heavy atom. The van der Waals surface area contributed by atoms with Gasteiger partial charge in [-0.2, -0.15) is 0 Å². The number of ether oxygens (including phenoxy) is 1. The molecule has 0 aromatic heterocycles. The summed E-state index contributed by atoms with van der Waals surface area (Å²) in [5.41, 5.74) is -0.341.